The Bertz CT molecular complexity index is 361. The van der Waals surface area contributed by atoms with Crippen LogP contribution in [0.4, 0.5) is 0 Å². The number of benzene rings is 1. The van der Waals surface area contributed by atoms with Gasteiger partial charge in [-0.05, 0) is 12.1 Å². The highest BCUT2D eigenvalue weighted by molar-refractivity contribution is 7.99. The zero-order valence-electron chi connectivity index (χ0n) is 8.11. The van der Waals surface area contributed by atoms with E-state index in [-0.39, 0.29) is 11.9 Å². The molecule has 0 saturated carbocycles. The van der Waals surface area contributed by atoms with Crippen molar-refractivity contribution >= 4 is 29.1 Å². The van der Waals surface area contributed by atoms with Crippen molar-refractivity contribution in [2.24, 2.45) is 0 Å². The van der Waals surface area contributed by atoms with Gasteiger partial charge in [-0.3, -0.25) is 4.79 Å². The summed E-state index contributed by atoms with van der Waals surface area (Å²) in [6, 6.07) is 7.00. The molecule has 80 valence electrons. The van der Waals surface area contributed by atoms with Crippen molar-refractivity contribution in [2.45, 2.75) is 6.10 Å². The molecule has 0 spiro atoms. The average molecular weight is 243 g/mol. The molecule has 2 nitrogen and oxygen atoms in total. The van der Waals surface area contributed by atoms with Gasteiger partial charge in [-0.25, -0.2) is 0 Å². The van der Waals surface area contributed by atoms with Gasteiger partial charge < -0.3 is 4.74 Å². The lowest BCUT2D eigenvalue weighted by Gasteiger charge is -2.20. The minimum atomic E-state index is -0.304. The Morgan fingerprint density at radius 2 is 2.40 bits per heavy atom. The quantitative estimate of drug-likeness (QED) is 0.746. The van der Waals surface area contributed by atoms with Gasteiger partial charge in [0.1, 0.15) is 6.10 Å². The number of ketones is 1. The van der Waals surface area contributed by atoms with E-state index >= 15 is 0 Å². The second-order valence-electron chi connectivity index (χ2n) is 3.31. The number of ether oxygens (including phenoxy) is 1. The topological polar surface area (TPSA) is 26.3 Å². The molecule has 1 saturated heterocycles. The number of carbonyl (C=O) groups is 1. The van der Waals surface area contributed by atoms with E-state index in [1.807, 2.05) is 0 Å². The molecule has 0 amide bonds. The maximum absolute atomic E-state index is 12.0. The molecule has 1 aromatic carbocycles. The van der Waals surface area contributed by atoms with Gasteiger partial charge in [0.2, 0.25) is 0 Å². The summed E-state index contributed by atoms with van der Waals surface area (Å²) in [5, 5.41) is 0.587. The summed E-state index contributed by atoms with van der Waals surface area (Å²) < 4.78 is 5.42. The number of carbonyl (C=O) groups excluding carboxylic acids is 1. The van der Waals surface area contributed by atoms with Gasteiger partial charge in [-0.2, -0.15) is 11.8 Å². The monoisotopic (exact) mass is 242 g/mol. The zero-order valence-corrected chi connectivity index (χ0v) is 9.68. The molecule has 1 aromatic rings. The van der Waals surface area contributed by atoms with Crippen LogP contribution in [-0.4, -0.2) is 30.0 Å². The number of hydrogen-bond acceptors (Lipinski definition) is 3. The fourth-order valence-corrected chi connectivity index (χ4v) is 2.50. The number of thioether (sulfide) groups is 1. The third-order valence-corrected chi connectivity index (χ3v) is 3.45. The highest BCUT2D eigenvalue weighted by Gasteiger charge is 2.23. The summed E-state index contributed by atoms with van der Waals surface area (Å²) in [5.41, 5.74) is 0.634. The first-order valence-electron chi connectivity index (χ1n) is 4.76. The Hall–Kier alpha value is -0.510. The van der Waals surface area contributed by atoms with Crippen LogP contribution in [0.1, 0.15) is 10.4 Å². The molecule has 15 heavy (non-hydrogen) atoms. The van der Waals surface area contributed by atoms with E-state index in [1.54, 1.807) is 36.0 Å². The van der Waals surface area contributed by atoms with E-state index in [0.29, 0.717) is 17.2 Å². The van der Waals surface area contributed by atoms with Crippen LogP contribution >= 0.6 is 23.4 Å². The summed E-state index contributed by atoms with van der Waals surface area (Å²) in [4.78, 5) is 12.0. The number of halogens is 1. The maximum Gasteiger partial charge on any atom is 0.192 e. The lowest BCUT2D eigenvalue weighted by Crippen LogP contribution is -2.31. The molecule has 0 aliphatic carbocycles. The van der Waals surface area contributed by atoms with Gasteiger partial charge in [0.05, 0.1) is 6.61 Å². The van der Waals surface area contributed by atoms with Gasteiger partial charge in [0.25, 0.3) is 0 Å². The predicted molar refractivity (Wildman–Crippen MR) is 62.8 cm³/mol. The summed E-state index contributed by atoms with van der Waals surface area (Å²) in [6.45, 7) is 0.654. The van der Waals surface area contributed by atoms with Crippen LogP contribution in [0, 0.1) is 0 Å². The third-order valence-electron chi connectivity index (χ3n) is 2.22. The van der Waals surface area contributed by atoms with Crippen LogP contribution in [0.15, 0.2) is 24.3 Å². The van der Waals surface area contributed by atoms with Crippen molar-refractivity contribution in [3.05, 3.63) is 34.9 Å². The van der Waals surface area contributed by atoms with Crippen molar-refractivity contribution in [2.75, 3.05) is 18.1 Å². The lowest BCUT2D eigenvalue weighted by atomic mass is 10.1. The molecule has 0 aromatic heterocycles. The second-order valence-corrected chi connectivity index (χ2v) is 4.90. The predicted octanol–water partition coefficient (Wildman–Crippen LogP) is 2.65. The Morgan fingerprint density at radius 3 is 3.07 bits per heavy atom. The summed E-state index contributed by atoms with van der Waals surface area (Å²) in [6.07, 6.45) is -0.304. The largest absolute Gasteiger partial charge is 0.368 e. The SMILES string of the molecule is O=C(c1cccc(Cl)c1)C1CSCCO1. The van der Waals surface area contributed by atoms with Crippen LogP contribution in [0.5, 0.6) is 0 Å². The van der Waals surface area contributed by atoms with Crippen LogP contribution < -0.4 is 0 Å². The smallest absolute Gasteiger partial charge is 0.192 e. The molecule has 0 bridgehead atoms. The summed E-state index contributed by atoms with van der Waals surface area (Å²) >= 11 is 7.58. The van der Waals surface area contributed by atoms with Crippen molar-refractivity contribution in [1.82, 2.24) is 0 Å². The molecule has 1 atom stereocenters. The Balaban J connectivity index is 2.12. The molecule has 2 rings (SSSR count). The number of hydrogen-bond donors (Lipinski definition) is 0. The second kappa shape index (κ2) is 5.01. The maximum atomic E-state index is 12.0. The molecule has 1 aliphatic heterocycles. The third kappa shape index (κ3) is 2.74. The first kappa shape index (κ1) is 11.0. The Kier molecular flexibility index (Phi) is 3.67. The number of rotatable bonds is 2. The average Bonchev–Trinajstić information content (AvgIpc) is 2.29. The van der Waals surface area contributed by atoms with Gasteiger partial charge in [-0.15, -0.1) is 0 Å². The zero-order chi connectivity index (χ0) is 10.7. The minimum Gasteiger partial charge on any atom is -0.368 e. The molecular weight excluding hydrogens is 232 g/mol. The van der Waals surface area contributed by atoms with Crippen molar-refractivity contribution in [1.29, 1.82) is 0 Å². The van der Waals surface area contributed by atoms with E-state index in [4.69, 9.17) is 16.3 Å². The molecule has 1 heterocycles. The van der Waals surface area contributed by atoms with E-state index in [9.17, 15) is 4.79 Å². The fraction of sp³-hybridized carbons (Fsp3) is 0.364. The number of Topliss-reactive ketones (excluding diaryl/α,β-unsaturated/α-hetero) is 1. The Morgan fingerprint density at radius 1 is 1.53 bits per heavy atom. The highest BCUT2D eigenvalue weighted by Crippen LogP contribution is 2.18. The van der Waals surface area contributed by atoms with Gasteiger partial charge in [-0.1, -0.05) is 23.7 Å². The minimum absolute atomic E-state index is 0.0321. The molecule has 0 radical (unpaired) electrons. The van der Waals surface area contributed by atoms with Crippen LogP contribution in [0.3, 0.4) is 0 Å². The first-order valence-corrected chi connectivity index (χ1v) is 6.30. The van der Waals surface area contributed by atoms with Crippen LogP contribution in [-0.2, 0) is 4.74 Å². The van der Waals surface area contributed by atoms with E-state index in [1.165, 1.54) is 0 Å². The fourth-order valence-electron chi connectivity index (χ4n) is 1.47. The molecule has 1 unspecified atom stereocenters. The van der Waals surface area contributed by atoms with Gasteiger partial charge in [0.15, 0.2) is 5.78 Å². The Labute approximate surface area is 98.0 Å². The van der Waals surface area contributed by atoms with Crippen LogP contribution in [0.25, 0.3) is 0 Å². The standard InChI is InChI=1S/C11H11ClO2S/c12-9-3-1-2-8(6-9)11(13)10-7-15-5-4-14-10/h1-3,6,10H,4-5,7H2. The van der Waals surface area contributed by atoms with Crippen LogP contribution in [0.2, 0.25) is 5.02 Å². The lowest BCUT2D eigenvalue weighted by molar-refractivity contribution is 0.0519. The molecular formula is C11H11ClO2S. The van der Waals surface area contributed by atoms with Crippen molar-refractivity contribution in [3.8, 4) is 0 Å². The molecule has 0 N–H and O–H groups in total. The van der Waals surface area contributed by atoms with E-state index < -0.39 is 0 Å². The van der Waals surface area contributed by atoms with Gasteiger partial charge in [0, 0.05) is 22.1 Å². The molecule has 4 heteroatoms. The first-order chi connectivity index (χ1) is 7.27. The van der Waals surface area contributed by atoms with E-state index in [0.717, 1.165) is 11.5 Å². The normalized spacial score (nSPS) is 21.3. The highest BCUT2D eigenvalue weighted by atomic mass is 35.5. The summed E-state index contributed by atoms with van der Waals surface area (Å²) in [5.74, 6) is 1.75. The van der Waals surface area contributed by atoms with Gasteiger partial charge >= 0.3 is 0 Å². The molecule has 1 fully saturated rings. The summed E-state index contributed by atoms with van der Waals surface area (Å²) in [7, 11) is 0. The van der Waals surface area contributed by atoms with Crippen molar-refractivity contribution in [3.63, 3.8) is 0 Å². The van der Waals surface area contributed by atoms with Crippen molar-refractivity contribution < 1.29 is 9.53 Å². The van der Waals surface area contributed by atoms with E-state index in [2.05, 4.69) is 0 Å². The molecule has 1 aliphatic rings.